The number of imidazole rings is 2. The molecule has 28 heavy (non-hydrogen) atoms. The van der Waals surface area contributed by atoms with E-state index in [4.69, 9.17) is 9.97 Å². The predicted octanol–water partition coefficient (Wildman–Crippen LogP) is 5.77. The van der Waals surface area contributed by atoms with E-state index in [0.29, 0.717) is 0 Å². The number of para-hydroxylation sites is 4. The first-order chi connectivity index (χ1) is 13.7. The van der Waals surface area contributed by atoms with Crippen molar-refractivity contribution in [3.8, 4) is 0 Å². The number of hydrogen-bond acceptors (Lipinski definition) is 2. The van der Waals surface area contributed by atoms with E-state index >= 15 is 0 Å². The number of aromatic amines is 2. The molecule has 0 saturated heterocycles. The zero-order valence-electron chi connectivity index (χ0n) is 15.2. The third kappa shape index (κ3) is 3.45. The molecule has 5 heteroatoms. The Bertz CT molecular complexity index is 1170. The maximum atomic E-state index is 4.87. The molecule has 2 N–H and O–H groups in total. The van der Waals surface area contributed by atoms with E-state index in [1.165, 1.54) is 5.56 Å². The molecule has 3 aromatic carbocycles. The number of fused-ring (bicyclic) bond motifs is 2. The van der Waals surface area contributed by atoms with Crippen LogP contribution >= 0.6 is 15.9 Å². The van der Waals surface area contributed by atoms with Crippen LogP contribution in [-0.2, 0) is 12.8 Å². The van der Waals surface area contributed by atoms with Crippen LogP contribution in [0, 0.1) is 0 Å². The van der Waals surface area contributed by atoms with Crippen molar-refractivity contribution in [2.24, 2.45) is 0 Å². The molecule has 0 spiro atoms. The van der Waals surface area contributed by atoms with Gasteiger partial charge in [-0.25, -0.2) is 9.97 Å². The minimum atomic E-state index is 0.203. The highest BCUT2D eigenvalue weighted by molar-refractivity contribution is 9.10. The summed E-state index contributed by atoms with van der Waals surface area (Å²) >= 11 is 3.52. The fourth-order valence-corrected chi connectivity index (χ4v) is 3.94. The molecule has 0 radical (unpaired) electrons. The minimum Gasteiger partial charge on any atom is -0.342 e. The lowest BCUT2D eigenvalue weighted by Gasteiger charge is -2.14. The molecule has 0 aliphatic heterocycles. The Morgan fingerprint density at radius 2 is 1.36 bits per heavy atom. The Morgan fingerprint density at radius 1 is 0.714 bits per heavy atom. The van der Waals surface area contributed by atoms with Gasteiger partial charge in [0.05, 0.1) is 22.1 Å². The van der Waals surface area contributed by atoms with Crippen LogP contribution in [0.2, 0.25) is 0 Å². The van der Waals surface area contributed by atoms with E-state index < -0.39 is 0 Å². The SMILES string of the molecule is Brc1ccc(CC(Cc2nc3ccccc3[nH]2)c2nc3ccccc3[nH]2)cc1. The summed E-state index contributed by atoms with van der Waals surface area (Å²) in [5, 5.41) is 0. The van der Waals surface area contributed by atoms with E-state index in [1.54, 1.807) is 0 Å². The van der Waals surface area contributed by atoms with Gasteiger partial charge in [-0.3, -0.25) is 0 Å². The molecule has 5 aromatic rings. The molecule has 0 aliphatic rings. The van der Waals surface area contributed by atoms with Crippen molar-refractivity contribution in [3.05, 3.63) is 94.5 Å². The van der Waals surface area contributed by atoms with Gasteiger partial charge in [0.2, 0.25) is 0 Å². The first kappa shape index (κ1) is 17.2. The standard InChI is InChI=1S/C23H19BrN4/c24-17-11-9-15(10-12-17)13-16(23-27-20-7-3-4-8-21(20)28-23)14-22-25-18-5-1-2-6-19(18)26-22/h1-12,16H,13-14H2,(H,25,26)(H,27,28). The highest BCUT2D eigenvalue weighted by atomic mass is 79.9. The van der Waals surface area contributed by atoms with Crippen molar-refractivity contribution in [2.75, 3.05) is 0 Å². The highest BCUT2D eigenvalue weighted by Gasteiger charge is 2.19. The highest BCUT2D eigenvalue weighted by Crippen LogP contribution is 2.26. The van der Waals surface area contributed by atoms with E-state index in [2.05, 4.69) is 62.3 Å². The second kappa shape index (κ2) is 7.24. The van der Waals surface area contributed by atoms with Gasteiger partial charge in [0, 0.05) is 16.8 Å². The van der Waals surface area contributed by atoms with Gasteiger partial charge < -0.3 is 9.97 Å². The van der Waals surface area contributed by atoms with Crippen LogP contribution in [0.3, 0.4) is 0 Å². The lowest BCUT2D eigenvalue weighted by molar-refractivity contribution is 0.628. The number of aromatic nitrogens is 4. The number of halogens is 1. The van der Waals surface area contributed by atoms with Gasteiger partial charge >= 0.3 is 0 Å². The van der Waals surface area contributed by atoms with Crippen LogP contribution in [-0.4, -0.2) is 19.9 Å². The second-order valence-electron chi connectivity index (χ2n) is 7.07. The Kier molecular flexibility index (Phi) is 4.45. The van der Waals surface area contributed by atoms with Crippen LogP contribution in [0.5, 0.6) is 0 Å². The third-order valence-corrected chi connectivity index (χ3v) is 5.60. The number of hydrogen-bond donors (Lipinski definition) is 2. The summed E-state index contributed by atoms with van der Waals surface area (Å²) in [7, 11) is 0. The Balaban J connectivity index is 1.51. The molecule has 0 aliphatic carbocycles. The van der Waals surface area contributed by atoms with Crippen molar-refractivity contribution < 1.29 is 0 Å². The largest absolute Gasteiger partial charge is 0.342 e. The number of nitrogens with zero attached hydrogens (tertiary/aromatic N) is 2. The van der Waals surface area contributed by atoms with Crippen molar-refractivity contribution in [1.29, 1.82) is 0 Å². The topological polar surface area (TPSA) is 57.4 Å². The quantitative estimate of drug-likeness (QED) is 0.371. The fraction of sp³-hybridized carbons (Fsp3) is 0.130. The van der Waals surface area contributed by atoms with Crippen LogP contribution in [0.25, 0.3) is 22.1 Å². The molecular formula is C23H19BrN4. The van der Waals surface area contributed by atoms with Gasteiger partial charge in [0.25, 0.3) is 0 Å². The van der Waals surface area contributed by atoms with Crippen molar-refractivity contribution in [3.63, 3.8) is 0 Å². The van der Waals surface area contributed by atoms with Gasteiger partial charge in [0.15, 0.2) is 0 Å². The second-order valence-corrected chi connectivity index (χ2v) is 7.99. The van der Waals surface area contributed by atoms with Crippen LogP contribution in [0.4, 0.5) is 0 Å². The molecule has 2 heterocycles. The molecule has 0 bridgehead atoms. The number of benzene rings is 3. The lowest BCUT2D eigenvalue weighted by Crippen LogP contribution is -2.10. The van der Waals surface area contributed by atoms with Gasteiger partial charge in [-0.05, 0) is 48.4 Å². The molecule has 1 unspecified atom stereocenters. The molecule has 4 nitrogen and oxygen atoms in total. The molecule has 138 valence electrons. The average molecular weight is 431 g/mol. The van der Waals surface area contributed by atoms with Gasteiger partial charge in [-0.2, -0.15) is 0 Å². The first-order valence-electron chi connectivity index (χ1n) is 9.37. The third-order valence-electron chi connectivity index (χ3n) is 5.07. The van der Waals surface area contributed by atoms with E-state index in [9.17, 15) is 0 Å². The molecule has 1 atom stereocenters. The van der Waals surface area contributed by atoms with Crippen LogP contribution in [0.15, 0.2) is 77.3 Å². The van der Waals surface area contributed by atoms with Crippen LogP contribution in [0.1, 0.15) is 23.1 Å². The van der Waals surface area contributed by atoms with Crippen LogP contribution < -0.4 is 0 Å². The summed E-state index contributed by atoms with van der Waals surface area (Å²) in [6.45, 7) is 0. The lowest BCUT2D eigenvalue weighted by atomic mass is 9.95. The molecular weight excluding hydrogens is 412 g/mol. The van der Waals surface area contributed by atoms with E-state index in [1.807, 2.05) is 36.4 Å². The predicted molar refractivity (Wildman–Crippen MR) is 116 cm³/mol. The molecule has 0 saturated carbocycles. The van der Waals surface area contributed by atoms with E-state index in [0.717, 1.165) is 51.0 Å². The summed E-state index contributed by atoms with van der Waals surface area (Å²) in [5.41, 5.74) is 5.43. The summed E-state index contributed by atoms with van der Waals surface area (Å²) in [4.78, 5) is 16.6. The summed E-state index contributed by atoms with van der Waals surface area (Å²) < 4.78 is 1.09. The number of nitrogens with one attached hydrogen (secondary N) is 2. The molecule has 0 fully saturated rings. The molecule has 5 rings (SSSR count). The maximum absolute atomic E-state index is 4.87. The maximum Gasteiger partial charge on any atom is 0.111 e. The van der Waals surface area contributed by atoms with Crippen molar-refractivity contribution in [1.82, 2.24) is 19.9 Å². The summed E-state index contributed by atoms with van der Waals surface area (Å²) in [6.07, 6.45) is 1.69. The summed E-state index contributed by atoms with van der Waals surface area (Å²) in [6, 6.07) is 24.8. The molecule has 0 amide bonds. The monoisotopic (exact) mass is 430 g/mol. The Hall–Kier alpha value is -2.92. The first-order valence-corrected chi connectivity index (χ1v) is 10.2. The van der Waals surface area contributed by atoms with Crippen molar-refractivity contribution in [2.45, 2.75) is 18.8 Å². The smallest absolute Gasteiger partial charge is 0.111 e. The molecule has 2 aromatic heterocycles. The number of rotatable bonds is 5. The Labute approximate surface area is 171 Å². The zero-order chi connectivity index (χ0) is 18.9. The van der Waals surface area contributed by atoms with Gasteiger partial charge in [-0.1, -0.05) is 52.3 Å². The zero-order valence-corrected chi connectivity index (χ0v) is 16.8. The van der Waals surface area contributed by atoms with Crippen molar-refractivity contribution >= 4 is 38.0 Å². The Morgan fingerprint density at radius 3 is 2.04 bits per heavy atom. The normalized spacial score (nSPS) is 12.6. The van der Waals surface area contributed by atoms with E-state index in [-0.39, 0.29) is 5.92 Å². The fourth-order valence-electron chi connectivity index (χ4n) is 3.67. The average Bonchev–Trinajstić information content (AvgIpc) is 3.32. The summed E-state index contributed by atoms with van der Waals surface area (Å²) in [5.74, 6) is 2.20. The van der Waals surface area contributed by atoms with Gasteiger partial charge in [-0.15, -0.1) is 0 Å². The minimum absolute atomic E-state index is 0.203. The number of H-pyrrole nitrogens is 2. The van der Waals surface area contributed by atoms with Gasteiger partial charge in [0.1, 0.15) is 11.6 Å².